The number of carbonyl (C=O) groups excluding carboxylic acids is 1. The van der Waals surface area contributed by atoms with Gasteiger partial charge in [-0.3, -0.25) is 4.79 Å². The molecule has 2 aromatic carbocycles. The molecule has 6 heteroatoms. The Hall–Kier alpha value is -1.95. The maximum absolute atomic E-state index is 13.7. The van der Waals surface area contributed by atoms with Crippen LogP contribution >= 0.6 is 15.9 Å². The second-order valence-corrected chi connectivity index (χ2v) is 4.88. The van der Waals surface area contributed by atoms with Gasteiger partial charge in [0.05, 0.1) is 18.4 Å². The van der Waals surface area contributed by atoms with Crippen molar-refractivity contribution in [3.05, 3.63) is 57.6 Å². The van der Waals surface area contributed by atoms with E-state index in [9.17, 15) is 13.6 Å². The van der Waals surface area contributed by atoms with E-state index in [4.69, 9.17) is 10.5 Å². The van der Waals surface area contributed by atoms with E-state index in [2.05, 4.69) is 15.9 Å². The van der Waals surface area contributed by atoms with Crippen LogP contribution < -0.4 is 10.5 Å². The average Bonchev–Trinajstić information content (AvgIpc) is 2.42. The summed E-state index contributed by atoms with van der Waals surface area (Å²) >= 11 is 3.21. The minimum absolute atomic E-state index is 0.232. The monoisotopic (exact) mass is 341 g/mol. The van der Waals surface area contributed by atoms with Crippen LogP contribution in [0.25, 0.3) is 0 Å². The maximum Gasteiger partial charge on any atom is 0.197 e. The first kappa shape index (κ1) is 14.5. The highest BCUT2D eigenvalue weighted by Crippen LogP contribution is 2.27. The number of anilines is 1. The van der Waals surface area contributed by atoms with Crippen molar-refractivity contribution >= 4 is 27.4 Å². The van der Waals surface area contributed by atoms with Gasteiger partial charge < -0.3 is 10.5 Å². The summed E-state index contributed by atoms with van der Waals surface area (Å²) < 4.78 is 32.2. The molecule has 0 saturated heterocycles. The highest BCUT2D eigenvalue weighted by Gasteiger charge is 2.19. The van der Waals surface area contributed by atoms with Crippen LogP contribution in [0.4, 0.5) is 14.5 Å². The topological polar surface area (TPSA) is 52.3 Å². The number of rotatable bonds is 3. The van der Waals surface area contributed by atoms with Gasteiger partial charge in [-0.05, 0) is 40.2 Å². The molecule has 0 atom stereocenters. The van der Waals surface area contributed by atoms with E-state index in [1.807, 2.05) is 0 Å². The Balaban J connectivity index is 2.49. The maximum atomic E-state index is 13.7. The quantitative estimate of drug-likeness (QED) is 0.686. The minimum Gasteiger partial charge on any atom is -0.497 e. The lowest BCUT2D eigenvalue weighted by molar-refractivity contribution is 0.103. The molecule has 0 aliphatic rings. The molecule has 2 rings (SSSR count). The van der Waals surface area contributed by atoms with E-state index in [0.29, 0.717) is 16.3 Å². The lowest BCUT2D eigenvalue weighted by atomic mass is 10.0. The predicted molar refractivity (Wildman–Crippen MR) is 74.9 cm³/mol. The van der Waals surface area contributed by atoms with Crippen molar-refractivity contribution in [2.24, 2.45) is 0 Å². The summed E-state index contributed by atoms with van der Waals surface area (Å²) in [6, 6.07) is 6.23. The number of ether oxygens (including phenoxy) is 1. The van der Waals surface area contributed by atoms with Gasteiger partial charge in [-0.25, -0.2) is 8.78 Å². The zero-order chi connectivity index (χ0) is 14.9. The first-order chi connectivity index (χ1) is 9.43. The molecule has 2 N–H and O–H groups in total. The summed E-state index contributed by atoms with van der Waals surface area (Å²) in [4.78, 5) is 12.3. The molecule has 0 unspecified atom stereocenters. The largest absolute Gasteiger partial charge is 0.497 e. The van der Waals surface area contributed by atoms with E-state index >= 15 is 0 Å². The van der Waals surface area contributed by atoms with Gasteiger partial charge in [-0.2, -0.15) is 0 Å². The number of hydrogen-bond donors (Lipinski definition) is 1. The van der Waals surface area contributed by atoms with Gasteiger partial charge in [0, 0.05) is 16.1 Å². The SMILES string of the molecule is COc1ccc(C(=O)c2cc(N)c(F)cc2F)c(Br)c1. The van der Waals surface area contributed by atoms with Crippen LogP contribution in [0.5, 0.6) is 5.75 Å². The van der Waals surface area contributed by atoms with E-state index in [1.165, 1.54) is 13.2 Å². The third-order valence-corrected chi connectivity index (χ3v) is 3.41. The lowest BCUT2D eigenvalue weighted by Crippen LogP contribution is -2.07. The molecule has 0 saturated carbocycles. The van der Waals surface area contributed by atoms with Crippen LogP contribution in [0.3, 0.4) is 0 Å². The highest BCUT2D eigenvalue weighted by atomic mass is 79.9. The van der Waals surface area contributed by atoms with Crippen LogP contribution in [-0.2, 0) is 0 Å². The molecule has 0 amide bonds. The fraction of sp³-hybridized carbons (Fsp3) is 0.0714. The Kier molecular flexibility index (Phi) is 4.04. The predicted octanol–water partition coefficient (Wildman–Crippen LogP) is 3.55. The first-order valence-electron chi connectivity index (χ1n) is 5.56. The van der Waals surface area contributed by atoms with Crippen LogP contribution in [0.1, 0.15) is 15.9 Å². The van der Waals surface area contributed by atoms with E-state index < -0.39 is 17.4 Å². The number of nitrogen functional groups attached to an aromatic ring is 1. The van der Waals surface area contributed by atoms with Crippen LogP contribution in [0.15, 0.2) is 34.8 Å². The normalized spacial score (nSPS) is 10.4. The highest BCUT2D eigenvalue weighted by molar-refractivity contribution is 9.10. The van der Waals surface area contributed by atoms with E-state index in [1.54, 1.807) is 12.1 Å². The Morgan fingerprint density at radius 1 is 1.15 bits per heavy atom. The van der Waals surface area contributed by atoms with Gasteiger partial charge in [0.25, 0.3) is 0 Å². The third kappa shape index (κ3) is 2.65. The Bertz CT molecular complexity index is 689. The second kappa shape index (κ2) is 5.58. The molecular formula is C14H10BrF2NO2. The number of carbonyl (C=O) groups is 1. The summed E-state index contributed by atoms with van der Waals surface area (Å²) in [6.07, 6.45) is 0. The summed E-state index contributed by atoms with van der Waals surface area (Å²) in [5, 5.41) is 0. The summed E-state index contributed by atoms with van der Waals surface area (Å²) in [6.45, 7) is 0. The molecule has 2 aromatic rings. The summed E-state index contributed by atoms with van der Waals surface area (Å²) in [7, 11) is 1.49. The number of methoxy groups -OCH3 is 1. The van der Waals surface area contributed by atoms with Crippen molar-refractivity contribution in [2.45, 2.75) is 0 Å². The molecular weight excluding hydrogens is 332 g/mol. The Morgan fingerprint density at radius 3 is 2.45 bits per heavy atom. The Labute approximate surface area is 122 Å². The number of hydrogen-bond acceptors (Lipinski definition) is 3. The average molecular weight is 342 g/mol. The fourth-order valence-corrected chi connectivity index (χ4v) is 2.23. The van der Waals surface area contributed by atoms with Gasteiger partial charge >= 0.3 is 0 Å². The molecule has 0 radical (unpaired) electrons. The second-order valence-electron chi connectivity index (χ2n) is 4.03. The molecule has 20 heavy (non-hydrogen) atoms. The fourth-order valence-electron chi connectivity index (χ4n) is 1.69. The molecule has 0 spiro atoms. The smallest absolute Gasteiger partial charge is 0.197 e. The molecule has 0 heterocycles. The molecule has 0 aliphatic carbocycles. The zero-order valence-corrected chi connectivity index (χ0v) is 12.0. The van der Waals surface area contributed by atoms with Gasteiger partial charge in [0.15, 0.2) is 5.78 Å². The summed E-state index contributed by atoms with van der Waals surface area (Å²) in [5.41, 5.74) is 5.03. The lowest BCUT2D eigenvalue weighted by Gasteiger charge is -2.08. The molecule has 104 valence electrons. The molecule has 0 bridgehead atoms. The number of ketones is 1. The van der Waals surface area contributed by atoms with Gasteiger partial charge in [-0.1, -0.05) is 0 Å². The number of nitrogens with two attached hydrogens (primary N) is 1. The zero-order valence-electron chi connectivity index (χ0n) is 10.4. The van der Waals surface area contributed by atoms with Crippen LogP contribution in [0.2, 0.25) is 0 Å². The van der Waals surface area contributed by atoms with Gasteiger partial charge in [-0.15, -0.1) is 0 Å². The number of benzene rings is 2. The van der Waals surface area contributed by atoms with Gasteiger partial charge in [0.2, 0.25) is 0 Å². The standard InChI is InChI=1S/C14H10BrF2NO2/c1-20-7-2-3-8(10(15)4-7)14(19)9-5-13(18)12(17)6-11(9)16/h2-6H,18H2,1H3. The van der Waals surface area contributed by atoms with Crippen molar-refractivity contribution in [1.82, 2.24) is 0 Å². The van der Waals surface area contributed by atoms with Crippen LogP contribution in [-0.4, -0.2) is 12.9 Å². The minimum atomic E-state index is -0.954. The molecule has 3 nitrogen and oxygen atoms in total. The Morgan fingerprint density at radius 2 is 1.85 bits per heavy atom. The molecule has 0 aromatic heterocycles. The van der Waals surface area contributed by atoms with Crippen molar-refractivity contribution in [1.29, 1.82) is 0 Å². The molecule has 0 aliphatic heterocycles. The van der Waals surface area contributed by atoms with Crippen LogP contribution in [0, 0.1) is 11.6 Å². The van der Waals surface area contributed by atoms with Crippen molar-refractivity contribution in [3.8, 4) is 5.75 Å². The van der Waals surface area contributed by atoms with Crippen molar-refractivity contribution in [2.75, 3.05) is 12.8 Å². The van der Waals surface area contributed by atoms with Crippen molar-refractivity contribution < 1.29 is 18.3 Å². The number of halogens is 3. The van der Waals surface area contributed by atoms with E-state index in [0.717, 1.165) is 6.07 Å². The van der Waals surface area contributed by atoms with E-state index in [-0.39, 0.29) is 16.8 Å². The van der Waals surface area contributed by atoms with Gasteiger partial charge in [0.1, 0.15) is 17.4 Å². The third-order valence-electron chi connectivity index (χ3n) is 2.75. The van der Waals surface area contributed by atoms with Crippen molar-refractivity contribution in [3.63, 3.8) is 0 Å². The summed E-state index contributed by atoms with van der Waals surface area (Å²) in [5.74, 6) is -1.89. The molecule has 0 fully saturated rings. The first-order valence-corrected chi connectivity index (χ1v) is 6.36.